The van der Waals surface area contributed by atoms with Gasteiger partial charge >= 0.3 is 0 Å². The summed E-state index contributed by atoms with van der Waals surface area (Å²) in [6, 6.07) is 0. The van der Waals surface area contributed by atoms with Gasteiger partial charge in [-0.1, -0.05) is 6.92 Å². The van der Waals surface area contributed by atoms with Crippen LogP contribution in [0.15, 0.2) is 0 Å². The van der Waals surface area contributed by atoms with Crippen LogP contribution in [0.1, 0.15) is 19.8 Å². The van der Waals surface area contributed by atoms with Crippen molar-refractivity contribution >= 4 is 0 Å². The van der Waals surface area contributed by atoms with E-state index >= 15 is 0 Å². The molecule has 0 aromatic rings. The Morgan fingerprint density at radius 2 is 2.46 bits per heavy atom. The molecule has 0 bridgehead atoms. The predicted octanol–water partition coefficient (Wildman–Crippen LogP) is 0.0526. The van der Waals surface area contributed by atoms with Gasteiger partial charge in [0.15, 0.2) is 0 Å². The van der Waals surface area contributed by atoms with Crippen LogP contribution in [-0.4, -0.2) is 48.8 Å². The predicted molar refractivity (Wildman–Crippen MR) is 52.7 cm³/mol. The highest BCUT2D eigenvalue weighted by atomic mass is 16.3. The molecule has 2 fully saturated rings. The van der Waals surface area contributed by atoms with Crippen LogP contribution >= 0.6 is 0 Å². The Bertz CT molecular complexity index is 178. The largest absolute Gasteiger partial charge is 0.392 e. The molecular weight excluding hydrogens is 164 g/mol. The molecule has 2 heterocycles. The van der Waals surface area contributed by atoms with Gasteiger partial charge in [-0.15, -0.1) is 0 Å². The van der Waals surface area contributed by atoms with Crippen molar-refractivity contribution in [2.75, 3.05) is 32.7 Å². The number of likely N-dealkylation sites (tertiary alicyclic amines) is 1. The molecule has 0 aromatic heterocycles. The summed E-state index contributed by atoms with van der Waals surface area (Å²) < 4.78 is 0. The highest BCUT2D eigenvalue weighted by Crippen LogP contribution is 2.27. The summed E-state index contributed by atoms with van der Waals surface area (Å²) in [7, 11) is 0. The molecule has 2 N–H and O–H groups in total. The second-order valence-corrected chi connectivity index (χ2v) is 4.92. The molecule has 3 nitrogen and oxygen atoms in total. The van der Waals surface area contributed by atoms with Gasteiger partial charge in [-0.3, -0.25) is 0 Å². The summed E-state index contributed by atoms with van der Waals surface area (Å²) in [5.74, 6) is 0. The molecule has 0 amide bonds. The summed E-state index contributed by atoms with van der Waals surface area (Å²) >= 11 is 0. The first-order chi connectivity index (χ1) is 6.18. The molecule has 2 rings (SSSR count). The van der Waals surface area contributed by atoms with Crippen LogP contribution in [0.2, 0.25) is 0 Å². The monoisotopic (exact) mass is 184 g/mol. The normalized spacial score (nSPS) is 41.5. The van der Waals surface area contributed by atoms with Crippen LogP contribution in [0, 0.1) is 5.41 Å². The fourth-order valence-electron chi connectivity index (χ4n) is 2.50. The van der Waals surface area contributed by atoms with E-state index in [4.69, 9.17) is 0 Å². The fourth-order valence-corrected chi connectivity index (χ4v) is 2.50. The van der Waals surface area contributed by atoms with Gasteiger partial charge in [0, 0.05) is 26.2 Å². The van der Waals surface area contributed by atoms with E-state index in [1.807, 2.05) is 0 Å². The molecule has 2 aliphatic rings. The molecule has 0 saturated carbocycles. The number of aliphatic hydroxyl groups is 1. The lowest BCUT2D eigenvalue weighted by molar-refractivity contribution is 0.154. The summed E-state index contributed by atoms with van der Waals surface area (Å²) in [6.45, 7) is 7.76. The topological polar surface area (TPSA) is 35.5 Å². The second kappa shape index (κ2) is 3.56. The fraction of sp³-hybridized carbons (Fsp3) is 1.00. The van der Waals surface area contributed by atoms with Crippen molar-refractivity contribution in [1.29, 1.82) is 0 Å². The number of nitrogens with one attached hydrogen (secondary N) is 1. The van der Waals surface area contributed by atoms with Crippen molar-refractivity contribution < 1.29 is 5.11 Å². The number of hydrogen-bond acceptors (Lipinski definition) is 3. The highest BCUT2D eigenvalue weighted by Gasteiger charge is 2.32. The van der Waals surface area contributed by atoms with Crippen molar-refractivity contribution in [2.24, 2.45) is 5.41 Å². The maximum Gasteiger partial charge on any atom is 0.0679 e. The van der Waals surface area contributed by atoms with Crippen molar-refractivity contribution in [3.05, 3.63) is 0 Å². The Morgan fingerprint density at radius 3 is 3.00 bits per heavy atom. The summed E-state index contributed by atoms with van der Waals surface area (Å²) in [6.07, 6.45) is 2.17. The lowest BCUT2D eigenvalue weighted by atomic mass is 9.89. The standard InChI is InChI=1S/C10H20N2O/c1-10(3-4-11-7-10)8-12-5-2-9(13)6-12/h9,11,13H,2-8H2,1H3. The molecule has 13 heavy (non-hydrogen) atoms. The third-order valence-corrected chi connectivity index (χ3v) is 3.31. The van der Waals surface area contributed by atoms with E-state index in [-0.39, 0.29) is 6.10 Å². The number of aliphatic hydroxyl groups excluding tert-OH is 1. The molecule has 3 heteroatoms. The Labute approximate surface area is 80.1 Å². The molecule has 2 saturated heterocycles. The quantitative estimate of drug-likeness (QED) is 0.636. The summed E-state index contributed by atoms with van der Waals surface area (Å²) in [5, 5.41) is 12.8. The Hall–Kier alpha value is -0.120. The Morgan fingerprint density at radius 1 is 1.62 bits per heavy atom. The van der Waals surface area contributed by atoms with Gasteiger partial charge in [-0.05, 0) is 24.8 Å². The van der Waals surface area contributed by atoms with Gasteiger partial charge in [-0.25, -0.2) is 0 Å². The van der Waals surface area contributed by atoms with Gasteiger partial charge in [0.1, 0.15) is 0 Å². The van der Waals surface area contributed by atoms with E-state index in [0.717, 1.165) is 39.1 Å². The smallest absolute Gasteiger partial charge is 0.0679 e. The zero-order valence-corrected chi connectivity index (χ0v) is 8.42. The molecular formula is C10H20N2O. The van der Waals surface area contributed by atoms with E-state index in [0.29, 0.717) is 5.41 Å². The van der Waals surface area contributed by atoms with E-state index < -0.39 is 0 Å². The van der Waals surface area contributed by atoms with E-state index in [2.05, 4.69) is 17.1 Å². The van der Waals surface area contributed by atoms with Crippen LogP contribution in [0.25, 0.3) is 0 Å². The third-order valence-electron chi connectivity index (χ3n) is 3.31. The number of rotatable bonds is 2. The summed E-state index contributed by atoms with van der Waals surface area (Å²) in [5.41, 5.74) is 0.448. The highest BCUT2D eigenvalue weighted by molar-refractivity contribution is 4.88. The van der Waals surface area contributed by atoms with Crippen LogP contribution in [0.3, 0.4) is 0 Å². The first-order valence-corrected chi connectivity index (χ1v) is 5.29. The maximum atomic E-state index is 9.40. The minimum atomic E-state index is -0.0713. The van der Waals surface area contributed by atoms with Crippen molar-refractivity contribution in [3.63, 3.8) is 0 Å². The number of nitrogens with zero attached hydrogens (tertiary/aromatic N) is 1. The summed E-state index contributed by atoms with van der Waals surface area (Å²) in [4.78, 5) is 2.40. The molecule has 0 radical (unpaired) electrons. The molecule has 2 unspecified atom stereocenters. The zero-order valence-electron chi connectivity index (χ0n) is 8.42. The van der Waals surface area contributed by atoms with E-state index in [1.165, 1.54) is 6.42 Å². The lowest BCUT2D eigenvalue weighted by Gasteiger charge is -2.28. The minimum Gasteiger partial charge on any atom is -0.392 e. The number of β-amino-alcohol motifs (C(OH)–C–C–N with tert-alkyl or cyclic N) is 1. The van der Waals surface area contributed by atoms with E-state index in [1.54, 1.807) is 0 Å². The first kappa shape index (κ1) is 9.44. The SMILES string of the molecule is CC1(CN2CCC(O)C2)CCNC1. The van der Waals surface area contributed by atoms with Crippen molar-refractivity contribution in [1.82, 2.24) is 10.2 Å². The average molecular weight is 184 g/mol. The minimum absolute atomic E-state index is 0.0713. The first-order valence-electron chi connectivity index (χ1n) is 5.29. The van der Waals surface area contributed by atoms with Gasteiger partial charge in [0.25, 0.3) is 0 Å². The van der Waals surface area contributed by atoms with Crippen LogP contribution in [-0.2, 0) is 0 Å². The van der Waals surface area contributed by atoms with Crippen molar-refractivity contribution in [3.8, 4) is 0 Å². The molecule has 0 aliphatic carbocycles. The van der Waals surface area contributed by atoms with Gasteiger partial charge in [-0.2, -0.15) is 0 Å². The van der Waals surface area contributed by atoms with Gasteiger partial charge < -0.3 is 15.3 Å². The van der Waals surface area contributed by atoms with E-state index in [9.17, 15) is 5.11 Å². The Balaban J connectivity index is 1.83. The molecule has 0 aromatic carbocycles. The van der Waals surface area contributed by atoms with Crippen LogP contribution in [0.4, 0.5) is 0 Å². The average Bonchev–Trinajstić information content (AvgIpc) is 2.62. The zero-order chi connectivity index (χ0) is 9.31. The Kier molecular flexibility index (Phi) is 2.58. The molecule has 2 aliphatic heterocycles. The van der Waals surface area contributed by atoms with Crippen LogP contribution < -0.4 is 5.32 Å². The second-order valence-electron chi connectivity index (χ2n) is 4.92. The number of hydrogen-bond donors (Lipinski definition) is 2. The third kappa shape index (κ3) is 2.22. The van der Waals surface area contributed by atoms with Crippen molar-refractivity contribution in [2.45, 2.75) is 25.9 Å². The molecule has 2 atom stereocenters. The van der Waals surface area contributed by atoms with Gasteiger partial charge in [0.05, 0.1) is 6.10 Å². The van der Waals surface area contributed by atoms with Gasteiger partial charge in [0.2, 0.25) is 0 Å². The molecule has 76 valence electrons. The van der Waals surface area contributed by atoms with Crippen LogP contribution in [0.5, 0.6) is 0 Å². The molecule has 0 spiro atoms. The maximum absolute atomic E-state index is 9.40. The lowest BCUT2D eigenvalue weighted by Crippen LogP contribution is -2.36.